The molecule has 24 heavy (non-hydrogen) atoms. The van der Waals surface area contributed by atoms with E-state index in [1.807, 2.05) is 19.9 Å². The molecule has 5 nitrogen and oxygen atoms in total. The standard InChI is InChI=1S/C18H33N3O2.HI/c1-7-19-16(20-12-8-11-17(3,4)5)21-13-18(6,22)15-10-9-14(2)23-15;/h9-10,22H,7-8,11-13H2,1-6H3,(H2,19,20,21);1H. The first-order chi connectivity index (χ1) is 10.6. The summed E-state index contributed by atoms with van der Waals surface area (Å²) in [5.41, 5.74) is -0.764. The smallest absolute Gasteiger partial charge is 0.191 e. The number of nitrogens with one attached hydrogen (secondary N) is 2. The van der Waals surface area contributed by atoms with Crippen LogP contribution in [-0.4, -0.2) is 30.7 Å². The third kappa shape index (κ3) is 8.92. The molecule has 1 atom stereocenters. The molecule has 0 amide bonds. The van der Waals surface area contributed by atoms with E-state index in [9.17, 15) is 5.11 Å². The van der Waals surface area contributed by atoms with Crippen LogP contribution in [0.3, 0.4) is 0 Å². The zero-order chi connectivity index (χ0) is 17.5. The zero-order valence-electron chi connectivity index (χ0n) is 15.9. The summed E-state index contributed by atoms with van der Waals surface area (Å²) >= 11 is 0. The third-order valence-corrected chi connectivity index (χ3v) is 3.56. The Labute approximate surface area is 163 Å². The molecule has 0 radical (unpaired) electrons. The molecule has 1 aromatic rings. The highest BCUT2D eigenvalue weighted by Gasteiger charge is 2.26. The molecule has 1 heterocycles. The Kier molecular flexibility index (Phi) is 9.96. The van der Waals surface area contributed by atoms with E-state index in [4.69, 9.17) is 4.42 Å². The van der Waals surface area contributed by atoms with Crippen LogP contribution in [0, 0.1) is 12.3 Å². The highest BCUT2D eigenvalue weighted by Crippen LogP contribution is 2.23. The highest BCUT2D eigenvalue weighted by atomic mass is 127. The Balaban J connectivity index is 0.00000529. The monoisotopic (exact) mass is 451 g/mol. The minimum Gasteiger partial charge on any atom is -0.463 e. The van der Waals surface area contributed by atoms with Crippen molar-refractivity contribution >= 4 is 29.9 Å². The molecule has 1 unspecified atom stereocenters. The van der Waals surface area contributed by atoms with Gasteiger partial charge in [0.25, 0.3) is 0 Å². The first kappa shape index (κ1) is 23.2. The molecule has 140 valence electrons. The summed E-state index contributed by atoms with van der Waals surface area (Å²) in [6, 6.07) is 3.65. The van der Waals surface area contributed by atoms with Crippen molar-refractivity contribution in [1.82, 2.24) is 10.6 Å². The fourth-order valence-electron chi connectivity index (χ4n) is 2.20. The van der Waals surface area contributed by atoms with Crippen LogP contribution in [0.25, 0.3) is 0 Å². The van der Waals surface area contributed by atoms with Gasteiger partial charge in [-0.3, -0.25) is 0 Å². The second-order valence-corrected chi connectivity index (χ2v) is 7.47. The van der Waals surface area contributed by atoms with Crippen molar-refractivity contribution in [3.8, 4) is 0 Å². The van der Waals surface area contributed by atoms with E-state index in [-0.39, 0.29) is 30.5 Å². The number of aliphatic hydroxyl groups is 1. The van der Waals surface area contributed by atoms with Gasteiger partial charge in [0, 0.05) is 13.1 Å². The van der Waals surface area contributed by atoms with Crippen molar-refractivity contribution in [2.45, 2.75) is 60.0 Å². The van der Waals surface area contributed by atoms with E-state index in [0.717, 1.165) is 37.7 Å². The molecule has 0 saturated heterocycles. The van der Waals surface area contributed by atoms with Gasteiger partial charge in [-0.25, -0.2) is 4.99 Å². The van der Waals surface area contributed by atoms with Crippen molar-refractivity contribution in [3.63, 3.8) is 0 Å². The maximum atomic E-state index is 10.5. The molecular weight excluding hydrogens is 417 g/mol. The predicted molar refractivity (Wildman–Crippen MR) is 111 cm³/mol. The fourth-order valence-corrected chi connectivity index (χ4v) is 2.20. The zero-order valence-corrected chi connectivity index (χ0v) is 18.2. The number of hydrogen-bond acceptors (Lipinski definition) is 3. The van der Waals surface area contributed by atoms with Crippen LogP contribution in [0.1, 0.15) is 59.0 Å². The summed E-state index contributed by atoms with van der Waals surface area (Å²) < 4.78 is 5.52. The quantitative estimate of drug-likeness (QED) is 0.255. The maximum Gasteiger partial charge on any atom is 0.191 e. The molecule has 1 aromatic heterocycles. The van der Waals surface area contributed by atoms with Crippen molar-refractivity contribution in [1.29, 1.82) is 0 Å². The van der Waals surface area contributed by atoms with Gasteiger partial charge >= 0.3 is 0 Å². The van der Waals surface area contributed by atoms with Crippen molar-refractivity contribution in [2.24, 2.45) is 10.4 Å². The number of rotatable bonds is 7. The van der Waals surface area contributed by atoms with Crippen LogP contribution in [0.2, 0.25) is 0 Å². The number of aliphatic imine (C=N–C) groups is 1. The number of hydrogen-bond donors (Lipinski definition) is 3. The highest BCUT2D eigenvalue weighted by molar-refractivity contribution is 14.0. The minimum absolute atomic E-state index is 0. The Morgan fingerprint density at radius 3 is 2.38 bits per heavy atom. The summed E-state index contributed by atoms with van der Waals surface area (Å²) in [4.78, 5) is 4.49. The van der Waals surface area contributed by atoms with Crippen LogP contribution in [0.15, 0.2) is 21.5 Å². The molecule has 1 rings (SSSR count). The van der Waals surface area contributed by atoms with E-state index < -0.39 is 5.60 Å². The molecule has 0 fully saturated rings. The molecule has 0 bridgehead atoms. The molecule has 0 aliphatic heterocycles. The van der Waals surface area contributed by atoms with Gasteiger partial charge in [0.15, 0.2) is 5.96 Å². The van der Waals surface area contributed by atoms with Crippen LogP contribution < -0.4 is 10.6 Å². The van der Waals surface area contributed by atoms with Gasteiger partial charge in [0.1, 0.15) is 17.1 Å². The molecule has 0 saturated carbocycles. The number of halogens is 1. The molecule has 0 aromatic carbocycles. The second-order valence-electron chi connectivity index (χ2n) is 7.47. The van der Waals surface area contributed by atoms with Gasteiger partial charge in [-0.05, 0) is 51.2 Å². The third-order valence-electron chi connectivity index (χ3n) is 3.56. The fraction of sp³-hybridized carbons (Fsp3) is 0.722. The molecule has 0 spiro atoms. The van der Waals surface area contributed by atoms with Crippen LogP contribution in [0.5, 0.6) is 0 Å². The van der Waals surface area contributed by atoms with Crippen LogP contribution >= 0.6 is 24.0 Å². The van der Waals surface area contributed by atoms with Crippen molar-refractivity contribution < 1.29 is 9.52 Å². The number of nitrogens with zero attached hydrogens (tertiary/aromatic N) is 1. The average Bonchev–Trinajstić information content (AvgIpc) is 2.87. The topological polar surface area (TPSA) is 69.8 Å². The number of aryl methyl sites for hydroxylation is 1. The van der Waals surface area contributed by atoms with E-state index in [0.29, 0.717) is 11.2 Å². The first-order valence-corrected chi connectivity index (χ1v) is 8.45. The van der Waals surface area contributed by atoms with Gasteiger partial charge in [0.2, 0.25) is 0 Å². The summed E-state index contributed by atoms with van der Waals surface area (Å²) in [5.74, 6) is 2.06. The minimum atomic E-state index is -1.11. The first-order valence-electron chi connectivity index (χ1n) is 8.45. The largest absolute Gasteiger partial charge is 0.463 e. The lowest BCUT2D eigenvalue weighted by Crippen LogP contribution is -2.39. The molecular formula is C18H34IN3O2. The maximum absolute atomic E-state index is 10.5. The summed E-state index contributed by atoms with van der Waals surface area (Å²) in [5, 5.41) is 17.1. The number of guanidine groups is 1. The Morgan fingerprint density at radius 1 is 1.21 bits per heavy atom. The van der Waals surface area contributed by atoms with E-state index in [1.54, 1.807) is 13.0 Å². The lowest BCUT2D eigenvalue weighted by Gasteiger charge is -2.20. The number of furan rings is 1. The Bertz CT molecular complexity index is 505. The van der Waals surface area contributed by atoms with Gasteiger partial charge in [-0.15, -0.1) is 24.0 Å². The van der Waals surface area contributed by atoms with Gasteiger partial charge in [0.05, 0.1) is 6.54 Å². The Morgan fingerprint density at radius 2 is 1.88 bits per heavy atom. The summed E-state index contributed by atoms with van der Waals surface area (Å²) in [6.45, 7) is 14.2. The summed E-state index contributed by atoms with van der Waals surface area (Å²) in [7, 11) is 0. The van der Waals surface area contributed by atoms with Gasteiger partial charge in [-0.1, -0.05) is 20.8 Å². The lowest BCUT2D eigenvalue weighted by molar-refractivity contribution is 0.0428. The molecule has 6 heteroatoms. The van der Waals surface area contributed by atoms with Crippen molar-refractivity contribution in [3.05, 3.63) is 23.7 Å². The average molecular weight is 451 g/mol. The normalized spacial score (nSPS) is 14.7. The lowest BCUT2D eigenvalue weighted by atomic mass is 9.91. The van der Waals surface area contributed by atoms with E-state index in [1.165, 1.54) is 0 Å². The van der Waals surface area contributed by atoms with E-state index >= 15 is 0 Å². The van der Waals surface area contributed by atoms with Gasteiger partial charge < -0.3 is 20.2 Å². The van der Waals surface area contributed by atoms with Gasteiger partial charge in [-0.2, -0.15) is 0 Å². The second kappa shape index (κ2) is 10.3. The van der Waals surface area contributed by atoms with E-state index in [2.05, 4.69) is 36.4 Å². The molecule has 0 aliphatic carbocycles. The SMILES string of the molecule is CCNC(=NCC(C)(O)c1ccc(C)o1)NCCCC(C)(C)C.I. The van der Waals surface area contributed by atoms with Crippen LogP contribution in [0.4, 0.5) is 0 Å². The molecule has 0 aliphatic rings. The summed E-state index contributed by atoms with van der Waals surface area (Å²) in [6.07, 6.45) is 2.24. The Hall–Kier alpha value is -0.760. The molecule has 3 N–H and O–H groups in total. The van der Waals surface area contributed by atoms with Crippen molar-refractivity contribution in [2.75, 3.05) is 19.6 Å². The van der Waals surface area contributed by atoms with Crippen LogP contribution in [-0.2, 0) is 5.60 Å². The predicted octanol–water partition coefficient (Wildman–Crippen LogP) is 3.79.